The summed E-state index contributed by atoms with van der Waals surface area (Å²) in [7, 11) is -2.19. The van der Waals surface area contributed by atoms with Crippen molar-refractivity contribution in [3.8, 4) is 0 Å². The van der Waals surface area contributed by atoms with E-state index in [1.54, 1.807) is 78.7 Å². The maximum atomic E-state index is 12.8. The fourth-order valence-electron chi connectivity index (χ4n) is 2.55. The number of hydrogen-bond acceptors (Lipinski definition) is 5. The van der Waals surface area contributed by atoms with Gasteiger partial charge in [-0.05, 0) is 66.9 Å². The van der Waals surface area contributed by atoms with Crippen molar-refractivity contribution in [3.63, 3.8) is 0 Å². The molecule has 0 radical (unpaired) electrons. The monoisotopic (exact) mass is 416 g/mol. The highest BCUT2D eigenvalue weighted by Gasteiger charge is 2.21. The number of rotatable bonds is 7. The third-order valence-corrected chi connectivity index (χ3v) is 6.76. The predicted molar refractivity (Wildman–Crippen MR) is 110 cm³/mol. The zero-order chi connectivity index (χ0) is 20.1. The van der Waals surface area contributed by atoms with Gasteiger partial charge in [0.2, 0.25) is 0 Å². The quantitative estimate of drug-likeness (QED) is 0.593. The Morgan fingerprint density at radius 3 is 2.32 bits per heavy atom. The molecule has 0 aliphatic heterocycles. The molecule has 1 amide bonds. The van der Waals surface area contributed by atoms with E-state index in [0.29, 0.717) is 17.0 Å². The molecule has 28 heavy (non-hydrogen) atoms. The predicted octanol–water partition coefficient (Wildman–Crippen LogP) is 3.76. The zero-order valence-electron chi connectivity index (χ0n) is 15.5. The van der Waals surface area contributed by atoms with Crippen LogP contribution in [0.3, 0.4) is 0 Å². The molecule has 146 valence electrons. The van der Waals surface area contributed by atoms with Crippen LogP contribution in [-0.2, 0) is 16.6 Å². The van der Waals surface area contributed by atoms with Gasteiger partial charge in [0.1, 0.15) is 5.76 Å². The molecule has 1 N–H and O–H groups in total. The highest BCUT2D eigenvalue weighted by atomic mass is 32.2. The van der Waals surface area contributed by atoms with Gasteiger partial charge in [0.25, 0.3) is 15.9 Å². The highest BCUT2D eigenvalue weighted by molar-refractivity contribution is 7.98. The summed E-state index contributed by atoms with van der Waals surface area (Å²) in [5.74, 6) is 0.393. The number of nitrogens with one attached hydrogen (secondary N) is 1. The second kappa shape index (κ2) is 8.53. The third-order valence-electron chi connectivity index (χ3n) is 4.21. The molecule has 6 nitrogen and oxygen atoms in total. The molecule has 0 unspecified atom stereocenters. The number of thioether (sulfide) groups is 1. The molecule has 0 bridgehead atoms. The van der Waals surface area contributed by atoms with E-state index in [9.17, 15) is 13.2 Å². The highest BCUT2D eigenvalue weighted by Crippen LogP contribution is 2.24. The van der Waals surface area contributed by atoms with Gasteiger partial charge in [-0.15, -0.1) is 11.8 Å². The summed E-state index contributed by atoms with van der Waals surface area (Å²) < 4.78 is 32.0. The molecule has 2 aromatic carbocycles. The number of anilines is 1. The summed E-state index contributed by atoms with van der Waals surface area (Å²) in [6, 6.07) is 16.7. The normalized spacial score (nSPS) is 11.2. The summed E-state index contributed by atoms with van der Waals surface area (Å²) in [6.07, 6.45) is 3.48. The summed E-state index contributed by atoms with van der Waals surface area (Å²) in [6.45, 7) is 0.286. The summed E-state index contributed by atoms with van der Waals surface area (Å²) >= 11 is 1.55. The van der Waals surface area contributed by atoms with E-state index in [2.05, 4.69) is 5.32 Å². The molecule has 0 aliphatic carbocycles. The number of carbonyl (C=O) groups is 1. The van der Waals surface area contributed by atoms with Gasteiger partial charge in [-0.3, -0.25) is 9.10 Å². The van der Waals surface area contributed by atoms with Crippen molar-refractivity contribution in [2.24, 2.45) is 0 Å². The lowest BCUT2D eigenvalue weighted by atomic mass is 10.2. The van der Waals surface area contributed by atoms with E-state index < -0.39 is 10.0 Å². The number of hydrogen-bond donors (Lipinski definition) is 1. The first-order valence-corrected chi connectivity index (χ1v) is 11.1. The first-order valence-electron chi connectivity index (χ1n) is 8.45. The van der Waals surface area contributed by atoms with E-state index in [4.69, 9.17) is 4.42 Å². The molecule has 3 aromatic rings. The molecule has 1 heterocycles. The van der Waals surface area contributed by atoms with E-state index in [-0.39, 0.29) is 17.3 Å². The molecule has 0 atom stereocenters. The lowest BCUT2D eigenvalue weighted by Gasteiger charge is -2.20. The third kappa shape index (κ3) is 4.40. The minimum absolute atomic E-state index is 0.216. The summed E-state index contributed by atoms with van der Waals surface area (Å²) in [4.78, 5) is 13.4. The van der Waals surface area contributed by atoms with Crippen LogP contribution < -0.4 is 9.62 Å². The fourth-order valence-corrected chi connectivity index (χ4v) is 4.15. The van der Waals surface area contributed by atoms with E-state index in [1.807, 2.05) is 6.26 Å². The summed E-state index contributed by atoms with van der Waals surface area (Å²) in [5.41, 5.74) is 0.905. The van der Waals surface area contributed by atoms with Gasteiger partial charge in [0, 0.05) is 17.5 Å². The van der Waals surface area contributed by atoms with Crippen LogP contribution in [0, 0.1) is 0 Å². The minimum Gasteiger partial charge on any atom is -0.467 e. The molecule has 1 aromatic heterocycles. The number of carbonyl (C=O) groups excluding carboxylic acids is 1. The maximum absolute atomic E-state index is 12.8. The zero-order valence-corrected chi connectivity index (χ0v) is 17.1. The van der Waals surface area contributed by atoms with Crippen molar-refractivity contribution >= 4 is 33.4 Å². The first-order chi connectivity index (χ1) is 13.4. The van der Waals surface area contributed by atoms with Crippen LogP contribution in [0.15, 0.2) is 81.1 Å². The van der Waals surface area contributed by atoms with Crippen molar-refractivity contribution in [3.05, 3.63) is 78.3 Å². The van der Waals surface area contributed by atoms with E-state index in [0.717, 1.165) is 4.90 Å². The molecular weight excluding hydrogens is 396 g/mol. The maximum Gasteiger partial charge on any atom is 0.264 e. The Balaban J connectivity index is 1.71. The average Bonchev–Trinajstić information content (AvgIpc) is 3.25. The molecule has 0 saturated heterocycles. The first kappa shape index (κ1) is 20.0. The van der Waals surface area contributed by atoms with E-state index in [1.165, 1.54) is 11.4 Å². The van der Waals surface area contributed by atoms with Crippen molar-refractivity contribution in [1.29, 1.82) is 0 Å². The van der Waals surface area contributed by atoms with Gasteiger partial charge in [0.15, 0.2) is 0 Å². The molecule has 3 rings (SSSR count). The van der Waals surface area contributed by atoms with Crippen LogP contribution in [0.25, 0.3) is 0 Å². The van der Waals surface area contributed by atoms with Crippen LogP contribution in [0.1, 0.15) is 16.1 Å². The summed E-state index contributed by atoms with van der Waals surface area (Å²) in [5, 5.41) is 2.75. The van der Waals surface area contributed by atoms with Gasteiger partial charge < -0.3 is 9.73 Å². The van der Waals surface area contributed by atoms with E-state index >= 15 is 0 Å². The minimum atomic E-state index is -3.68. The largest absolute Gasteiger partial charge is 0.467 e. The van der Waals surface area contributed by atoms with Gasteiger partial charge in [-0.2, -0.15) is 0 Å². The second-order valence-corrected chi connectivity index (χ2v) is 8.81. The van der Waals surface area contributed by atoms with Gasteiger partial charge in [0.05, 0.1) is 23.4 Å². The Morgan fingerprint density at radius 1 is 1.07 bits per heavy atom. The van der Waals surface area contributed by atoms with Crippen LogP contribution in [0.2, 0.25) is 0 Å². The Kier molecular flexibility index (Phi) is 6.11. The Hall–Kier alpha value is -2.71. The molecule has 0 saturated carbocycles. The molecule has 0 spiro atoms. The lowest BCUT2D eigenvalue weighted by Crippen LogP contribution is -2.27. The van der Waals surface area contributed by atoms with Gasteiger partial charge in [-0.25, -0.2) is 8.42 Å². The standard InChI is InChI=1S/C20H20N2O4S2/c1-22(28(24,25)19-11-9-18(27-2)10-12-19)16-7-5-15(6-8-16)20(23)21-14-17-4-3-13-26-17/h3-13H,14H2,1-2H3,(H,21,23). The number of amides is 1. The van der Waals surface area contributed by atoms with Crippen LogP contribution in [0.4, 0.5) is 5.69 Å². The van der Waals surface area contributed by atoms with Gasteiger partial charge in [-0.1, -0.05) is 0 Å². The van der Waals surface area contributed by atoms with Crippen LogP contribution in [0.5, 0.6) is 0 Å². The van der Waals surface area contributed by atoms with Crippen LogP contribution >= 0.6 is 11.8 Å². The SMILES string of the molecule is CSc1ccc(S(=O)(=O)N(C)c2ccc(C(=O)NCc3ccco3)cc2)cc1. The smallest absolute Gasteiger partial charge is 0.264 e. The van der Waals surface area contributed by atoms with Crippen molar-refractivity contribution in [1.82, 2.24) is 5.32 Å². The second-order valence-electron chi connectivity index (χ2n) is 5.96. The number of sulfonamides is 1. The lowest BCUT2D eigenvalue weighted by molar-refractivity contribution is 0.0948. The number of furan rings is 1. The average molecular weight is 417 g/mol. The molecular formula is C20H20N2O4S2. The Bertz CT molecular complexity index is 1030. The van der Waals surface area contributed by atoms with Crippen molar-refractivity contribution in [2.75, 3.05) is 17.6 Å². The Morgan fingerprint density at radius 2 is 1.75 bits per heavy atom. The Labute approximate surface area is 168 Å². The molecule has 8 heteroatoms. The topological polar surface area (TPSA) is 79.6 Å². The van der Waals surface area contributed by atoms with Crippen molar-refractivity contribution < 1.29 is 17.6 Å². The molecule has 0 fully saturated rings. The van der Waals surface area contributed by atoms with Crippen molar-refractivity contribution in [2.45, 2.75) is 16.3 Å². The fraction of sp³-hybridized carbons (Fsp3) is 0.150. The number of benzene rings is 2. The molecule has 0 aliphatic rings. The van der Waals surface area contributed by atoms with Gasteiger partial charge >= 0.3 is 0 Å². The number of nitrogens with zero attached hydrogens (tertiary/aromatic N) is 1. The van der Waals surface area contributed by atoms with Crippen LogP contribution in [-0.4, -0.2) is 27.6 Å².